The molecule has 0 radical (unpaired) electrons. The molecule has 5 rings (SSSR count). The number of carbonyl (C=O) groups excluding carboxylic acids is 1. The van der Waals surface area contributed by atoms with E-state index in [1.54, 1.807) is 50.3 Å². The lowest BCUT2D eigenvalue weighted by Gasteiger charge is -2.26. The van der Waals surface area contributed by atoms with E-state index in [0.717, 1.165) is 0 Å². The number of furan rings is 1. The van der Waals surface area contributed by atoms with Gasteiger partial charge in [0.05, 0.1) is 38.6 Å². The number of halogens is 2. The SMILES string of the molecule is CCOC(=O)C1=C(C)N=c2s/c(=C\c3ccc(-c4cccc(Cl)c4Cl)o3)c(=O)n2[C@@H]1c1ccccc1OC(C)C. The van der Waals surface area contributed by atoms with Gasteiger partial charge >= 0.3 is 5.97 Å². The first-order valence-electron chi connectivity index (χ1n) is 12.7. The van der Waals surface area contributed by atoms with Crippen LogP contribution in [-0.2, 0) is 9.53 Å². The zero-order chi connectivity index (χ0) is 28.6. The quantitative estimate of drug-likeness (QED) is 0.239. The highest BCUT2D eigenvalue weighted by molar-refractivity contribution is 7.07. The Morgan fingerprint density at radius 2 is 1.93 bits per heavy atom. The standard InChI is InChI=1S/C30H26Cl2N2O5S/c1-5-37-29(36)25-17(4)33-30-34(27(25)20-9-6-7-12-22(20)38-16(2)3)28(35)24(40-30)15-18-13-14-23(39-18)19-10-8-11-21(31)26(19)32/h6-16,27H,5H2,1-4H3/b24-15-/t27-/m1/s1. The van der Waals surface area contributed by atoms with Crippen molar-refractivity contribution in [2.45, 2.75) is 39.8 Å². The average molecular weight is 598 g/mol. The summed E-state index contributed by atoms with van der Waals surface area (Å²) >= 11 is 13.7. The summed E-state index contributed by atoms with van der Waals surface area (Å²) in [6, 6.07) is 15.4. The van der Waals surface area contributed by atoms with Crippen LogP contribution in [0.3, 0.4) is 0 Å². The van der Waals surface area contributed by atoms with Crippen LogP contribution < -0.4 is 19.6 Å². The van der Waals surface area contributed by atoms with Crippen molar-refractivity contribution in [3.63, 3.8) is 0 Å². The molecule has 4 aromatic rings. The molecule has 2 aromatic carbocycles. The van der Waals surface area contributed by atoms with Gasteiger partial charge in [0, 0.05) is 17.2 Å². The Morgan fingerprint density at radius 3 is 2.67 bits per heavy atom. The molecule has 0 fully saturated rings. The number of hydrogen-bond donors (Lipinski definition) is 0. The predicted molar refractivity (Wildman–Crippen MR) is 157 cm³/mol. The molecule has 0 amide bonds. The highest BCUT2D eigenvalue weighted by atomic mass is 35.5. The number of nitrogens with zero attached hydrogens (tertiary/aromatic N) is 2. The van der Waals surface area contributed by atoms with Crippen molar-refractivity contribution in [3.05, 3.63) is 107 Å². The molecule has 0 unspecified atom stereocenters. The molecule has 10 heteroatoms. The minimum absolute atomic E-state index is 0.116. The first kappa shape index (κ1) is 28.0. The smallest absolute Gasteiger partial charge is 0.338 e. The fourth-order valence-corrected chi connectivity index (χ4v) is 5.97. The van der Waals surface area contributed by atoms with Crippen molar-refractivity contribution in [1.29, 1.82) is 0 Å². The Bertz CT molecular complexity index is 1820. The van der Waals surface area contributed by atoms with Gasteiger partial charge in [-0.1, -0.05) is 58.8 Å². The summed E-state index contributed by atoms with van der Waals surface area (Å²) in [6.07, 6.45) is 1.54. The Balaban J connectivity index is 1.67. The zero-order valence-electron chi connectivity index (χ0n) is 22.2. The molecule has 2 aromatic heterocycles. The second-order valence-electron chi connectivity index (χ2n) is 9.31. The van der Waals surface area contributed by atoms with Crippen LogP contribution in [0.25, 0.3) is 17.4 Å². The third-order valence-corrected chi connectivity index (χ3v) is 8.01. The van der Waals surface area contributed by atoms with Gasteiger partial charge in [-0.25, -0.2) is 9.79 Å². The largest absolute Gasteiger partial charge is 0.491 e. The Kier molecular flexibility index (Phi) is 8.03. The summed E-state index contributed by atoms with van der Waals surface area (Å²) in [7, 11) is 0. The molecule has 40 heavy (non-hydrogen) atoms. The fraction of sp³-hybridized carbons (Fsp3) is 0.233. The van der Waals surface area contributed by atoms with Crippen LogP contribution in [0.1, 0.15) is 45.1 Å². The molecule has 0 N–H and O–H groups in total. The minimum Gasteiger partial charge on any atom is -0.491 e. The van der Waals surface area contributed by atoms with Crippen molar-refractivity contribution in [3.8, 4) is 17.1 Å². The first-order valence-corrected chi connectivity index (χ1v) is 14.3. The van der Waals surface area contributed by atoms with E-state index in [1.165, 1.54) is 15.9 Å². The van der Waals surface area contributed by atoms with Gasteiger partial charge in [0.2, 0.25) is 0 Å². The van der Waals surface area contributed by atoms with E-state index < -0.39 is 12.0 Å². The molecule has 0 spiro atoms. The number of ether oxygens (including phenoxy) is 2. The lowest BCUT2D eigenvalue weighted by molar-refractivity contribution is -0.139. The van der Waals surface area contributed by atoms with Gasteiger partial charge in [0.15, 0.2) is 4.80 Å². The van der Waals surface area contributed by atoms with Crippen molar-refractivity contribution >= 4 is 46.6 Å². The first-order chi connectivity index (χ1) is 19.2. The van der Waals surface area contributed by atoms with Gasteiger partial charge in [0.25, 0.3) is 5.56 Å². The number of esters is 1. The van der Waals surface area contributed by atoms with Gasteiger partial charge in [0.1, 0.15) is 23.3 Å². The monoisotopic (exact) mass is 596 g/mol. The van der Waals surface area contributed by atoms with E-state index in [4.69, 9.17) is 37.1 Å². The lowest BCUT2D eigenvalue weighted by Crippen LogP contribution is -2.40. The van der Waals surface area contributed by atoms with Crippen LogP contribution in [0, 0.1) is 0 Å². The summed E-state index contributed by atoms with van der Waals surface area (Å²) < 4.78 is 19.4. The van der Waals surface area contributed by atoms with E-state index in [-0.39, 0.29) is 23.8 Å². The summed E-state index contributed by atoms with van der Waals surface area (Å²) in [5.41, 5.74) is 1.76. The van der Waals surface area contributed by atoms with Gasteiger partial charge in [-0.15, -0.1) is 0 Å². The highest BCUT2D eigenvalue weighted by Crippen LogP contribution is 2.37. The van der Waals surface area contributed by atoms with Gasteiger partial charge in [-0.3, -0.25) is 9.36 Å². The molecule has 3 heterocycles. The number of carbonyl (C=O) groups is 1. The third kappa shape index (κ3) is 5.27. The number of para-hydroxylation sites is 1. The van der Waals surface area contributed by atoms with E-state index in [1.807, 2.05) is 38.1 Å². The minimum atomic E-state index is -0.787. The second-order valence-corrected chi connectivity index (χ2v) is 11.1. The maximum Gasteiger partial charge on any atom is 0.338 e. The van der Waals surface area contributed by atoms with E-state index in [0.29, 0.717) is 53.5 Å². The molecule has 0 bridgehead atoms. The molecule has 1 atom stereocenters. The number of hydrogen-bond acceptors (Lipinski definition) is 7. The van der Waals surface area contributed by atoms with Crippen molar-refractivity contribution in [2.75, 3.05) is 6.61 Å². The normalized spacial score (nSPS) is 15.3. The summed E-state index contributed by atoms with van der Waals surface area (Å²) in [5.74, 6) is 1.02. The Labute approximate surface area is 244 Å². The van der Waals surface area contributed by atoms with Crippen LogP contribution in [0.5, 0.6) is 5.75 Å². The molecule has 206 valence electrons. The van der Waals surface area contributed by atoms with Crippen LogP contribution in [-0.4, -0.2) is 23.2 Å². The van der Waals surface area contributed by atoms with Crippen LogP contribution in [0.2, 0.25) is 10.0 Å². The number of benzene rings is 2. The van der Waals surface area contributed by atoms with Crippen molar-refractivity contribution < 1.29 is 18.7 Å². The molecule has 1 aliphatic rings. The summed E-state index contributed by atoms with van der Waals surface area (Å²) in [5, 5.41) is 0.800. The molecule has 1 aliphatic heterocycles. The van der Waals surface area contributed by atoms with Gasteiger partial charge in [-0.05, 0) is 58.0 Å². The van der Waals surface area contributed by atoms with E-state index in [9.17, 15) is 9.59 Å². The number of fused-ring (bicyclic) bond motifs is 1. The van der Waals surface area contributed by atoms with Crippen LogP contribution >= 0.6 is 34.5 Å². The lowest BCUT2D eigenvalue weighted by atomic mass is 9.95. The number of aromatic nitrogens is 1. The topological polar surface area (TPSA) is 83.0 Å². The van der Waals surface area contributed by atoms with E-state index in [2.05, 4.69) is 4.99 Å². The highest BCUT2D eigenvalue weighted by Gasteiger charge is 2.35. The fourth-order valence-electron chi connectivity index (χ4n) is 4.55. The summed E-state index contributed by atoms with van der Waals surface area (Å²) in [4.78, 5) is 32.2. The molecule has 0 saturated heterocycles. The molecular weight excluding hydrogens is 571 g/mol. The van der Waals surface area contributed by atoms with Crippen LogP contribution in [0.4, 0.5) is 0 Å². The number of allylic oxidation sites excluding steroid dienone is 1. The van der Waals surface area contributed by atoms with Gasteiger partial charge in [-0.2, -0.15) is 0 Å². The van der Waals surface area contributed by atoms with Gasteiger partial charge < -0.3 is 13.9 Å². The maximum atomic E-state index is 13.9. The molecule has 0 aliphatic carbocycles. The van der Waals surface area contributed by atoms with E-state index >= 15 is 0 Å². The second kappa shape index (κ2) is 11.5. The Morgan fingerprint density at radius 1 is 1.15 bits per heavy atom. The van der Waals surface area contributed by atoms with Crippen LogP contribution in [0.15, 0.2) is 80.1 Å². The predicted octanol–water partition coefficient (Wildman–Crippen LogP) is 6.15. The van der Waals surface area contributed by atoms with Crippen molar-refractivity contribution in [2.24, 2.45) is 4.99 Å². The molecular formula is C30H26Cl2N2O5S. The number of thiazole rings is 1. The van der Waals surface area contributed by atoms with Crippen molar-refractivity contribution in [1.82, 2.24) is 4.57 Å². The molecule has 0 saturated carbocycles. The third-order valence-electron chi connectivity index (χ3n) is 6.21. The average Bonchev–Trinajstić information content (AvgIpc) is 3.49. The summed E-state index contributed by atoms with van der Waals surface area (Å²) in [6.45, 7) is 7.51. The number of rotatable bonds is 7. The zero-order valence-corrected chi connectivity index (χ0v) is 24.6. The molecule has 7 nitrogen and oxygen atoms in total. The maximum absolute atomic E-state index is 13.9. The Hall–Kier alpha value is -3.59.